The number of nitrogens with zero attached hydrogens (tertiary/aromatic N) is 1. The van der Waals surface area contributed by atoms with Gasteiger partial charge in [0.15, 0.2) is 0 Å². The number of hydrogen-bond acceptors (Lipinski definition) is 3. The van der Waals surface area contributed by atoms with Gasteiger partial charge in [-0.1, -0.05) is 6.08 Å². The Morgan fingerprint density at radius 3 is 2.71 bits per heavy atom. The Bertz CT molecular complexity index is 681. The molecule has 1 fully saturated rings. The van der Waals surface area contributed by atoms with Crippen LogP contribution < -0.4 is 0 Å². The van der Waals surface area contributed by atoms with Crippen LogP contribution in [0.15, 0.2) is 24.3 Å². The molecule has 130 valence electrons. The van der Waals surface area contributed by atoms with Crippen molar-refractivity contribution in [1.29, 1.82) is 0 Å². The average Bonchev–Trinajstić information content (AvgIpc) is 2.46. The minimum absolute atomic E-state index is 0.246. The van der Waals surface area contributed by atoms with Crippen molar-refractivity contribution in [3.63, 3.8) is 0 Å². The van der Waals surface area contributed by atoms with Crippen LogP contribution in [-0.2, 0) is 9.47 Å². The van der Waals surface area contributed by atoms with E-state index < -0.39 is 23.3 Å². The Hall–Kier alpha value is -1.95. The van der Waals surface area contributed by atoms with Gasteiger partial charge in [-0.05, 0) is 51.0 Å². The second-order valence-electron chi connectivity index (χ2n) is 7.17. The van der Waals surface area contributed by atoms with E-state index in [1.54, 1.807) is 11.0 Å². The van der Waals surface area contributed by atoms with Gasteiger partial charge in [0, 0.05) is 5.56 Å². The number of halogens is 2. The third-order valence-corrected chi connectivity index (χ3v) is 4.08. The molecule has 6 heteroatoms. The van der Waals surface area contributed by atoms with Crippen LogP contribution in [0, 0.1) is 11.6 Å². The normalized spacial score (nSPS) is 23.7. The Morgan fingerprint density at radius 2 is 2.04 bits per heavy atom. The third kappa shape index (κ3) is 3.43. The summed E-state index contributed by atoms with van der Waals surface area (Å²) in [7, 11) is 0. The number of amides is 1. The molecule has 3 rings (SSSR count). The highest BCUT2D eigenvalue weighted by molar-refractivity contribution is 5.75. The fourth-order valence-corrected chi connectivity index (χ4v) is 3.14. The minimum Gasteiger partial charge on any atom is -0.444 e. The summed E-state index contributed by atoms with van der Waals surface area (Å²) in [6.45, 7) is 6.10. The molecule has 0 aliphatic carbocycles. The van der Waals surface area contributed by atoms with Crippen LogP contribution in [0.25, 0.3) is 5.57 Å². The van der Waals surface area contributed by atoms with Gasteiger partial charge in [0.1, 0.15) is 17.2 Å². The highest BCUT2D eigenvalue weighted by atomic mass is 19.1. The summed E-state index contributed by atoms with van der Waals surface area (Å²) in [6, 6.07) is 2.82. The van der Waals surface area contributed by atoms with Crippen LogP contribution in [0.5, 0.6) is 0 Å². The molecule has 2 heterocycles. The fourth-order valence-electron chi connectivity index (χ4n) is 3.14. The number of morpholine rings is 1. The van der Waals surface area contributed by atoms with Gasteiger partial charge >= 0.3 is 6.09 Å². The monoisotopic (exact) mass is 337 g/mol. The third-order valence-electron chi connectivity index (χ3n) is 4.08. The predicted octanol–water partition coefficient (Wildman–Crippen LogP) is 3.76. The molecule has 24 heavy (non-hydrogen) atoms. The SMILES string of the molecule is CC(C)(C)OC(=O)N1C2C=C(c3cc(F)ccc3F)CC1COC2. The van der Waals surface area contributed by atoms with E-state index in [1.807, 2.05) is 20.8 Å². The van der Waals surface area contributed by atoms with Crippen molar-refractivity contribution < 1.29 is 23.0 Å². The van der Waals surface area contributed by atoms with Crippen LogP contribution in [0.3, 0.4) is 0 Å². The zero-order chi connectivity index (χ0) is 17.5. The van der Waals surface area contributed by atoms with E-state index >= 15 is 0 Å². The highest BCUT2D eigenvalue weighted by Gasteiger charge is 2.40. The van der Waals surface area contributed by atoms with E-state index in [1.165, 1.54) is 6.07 Å². The maximum absolute atomic E-state index is 14.1. The number of carbonyl (C=O) groups excluding carboxylic acids is 1. The summed E-state index contributed by atoms with van der Waals surface area (Å²) in [6.07, 6.45) is 1.77. The highest BCUT2D eigenvalue weighted by Crippen LogP contribution is 2.34. The first-order chi connectivity index (χ1) is 11.2. The van der Waals surface area contributed by atoms with E-state index in [0.717, 1.165) is 12.1 Å². The number of carbonyl (C=O) groups is 1. The lowest BCUT2D eigenvalue weighted by Crippen LogP contribution is -2.57. The molecule has 1 amide bonds. The summed E-state index contributed by atoms with van der Waals surface area (Å²) in [5, 5.41) is 0. The van der Waals surface area contributed by atoms with Crippen molar-refractivity contribution >= 4 is 11.7 Å². The number of fused-ring (bicyclic) bond motifs is 2. The molecule has 1 aromatic carbocycles. The van der Waals surface area contributed by atoms with E-state index in [4.69, 9.17) is 9.47 Å². The molecule has 0 spiro atoms. The summed E-state index contributed by atoms with van der Waals surface area (Å²) in [4.78, 5) is 14.1. The van der Waals surface area contributed by atoms with E-state index in [0.29, 0.717) is 25.2 Å². The molecule has 4 nitrogen and oxygen atoms in total. The van der Waals surface area contributed by atoms with Gasteiger partial charge in [0.25, 0.3) is 0 Å². The lowest BCUT2D eigenvalue weighted by Gasteiger charge is -2.44. The van der Waals surface area contributed by atoms with Crippen molar-refractivity contribution in [3.05, 3.63) is 41.5 Å². The quantitative estimate of drug-likeness (QED) is 0.783. The van der Waals surface area contributed by atoms with E-state index in [9.17, 15) is 13.6 Å². The average molecular weight is 337 g/mol. The van der Waals surface area contributed by atoms with Crippen LogP contribution in [0.2, 0.25) is 0 Å². The molecular weight excluding hydrogens is 316 g/mol. The summed E-state index contributed by atoms with van der Waals surface area (Å²) in [5.74, 6) is -0.948. The molecule has 1 aromatic rings. The van der Waals surface area contributed by atoms with Crippen molar-refractivity contribution in [2.24, 2.45) is 0 Å². The lowest BCUT2D eigenvalue weighted by molar-refractivity contribution is -0.0510. The van der Waals surface area contributed by atoms with Crippen LogP contribution in [0.1, 0.15) is 32.8 Å². The summed E-state index contributed by atoms with van der Waals surface area (Å²) >= 11 is 0. The van der Waals surface area contributed by atoms with E-state index in [2.05, 4.69) is 0 Å². The van der Waals surface area contributed by atoms with Gasteiger partial charge in [-0.3, -0.25) is 4.90 Å². The Balaban J connectivity index is 1.90. The van der Waals surface area contributed by atoms with Gasteiger partial charge in [-0.15, -0.1) is 0 Å². The number of benzene rings is 1. The van der Waals surface area contributed by atoms with Gasteiger partial charge in [0.2, 0.25) is 0 Å². The zero-order valence-electron chi connectivity index (χ0n) is 14.0. The number of rotatable bonds is 1. The second kappa shape index (κ2) is 6.16. The van der Waals surface area contributed by atoms with Gasteiger partial charge in [0.05, 0.1) is 25.3 Å². The molecule has 2 bridgehead atoms. The minimum atomic E-state index is -0.592. The van der Waals surface area contributed by atoms with Crippen LogP contribution in [-0.4, -0.2) is 41.9 Å². The first-order valence-electron chi connectivity index (χ1n) is 8.00. The van der Waals surface area contributed by atoms with Gasteiger partial charge in [-0.2, -0.15) is 0 Å². The molecule has 2 atom stereocenters. The Morgan fingerprint density at radius 1 is 1.29 bits per heavy atom. The van der Waals surface area contributed by atoms with Crippen molar-refractivity contribution in [3.8, 4) is 0 Å². The smallest absolute Gasteiger partial charge is 0.411 e. The predicted molar refractivity (Wildman–Crippen MR) is 85.4 cm³/mol. The second-order valence-corrected chi connectivity index (χ2v) is 7.17. The van der Waals surface area contributed by atoms with Crippen molar-refractivity contribution in [1.82, 2.24) is 4.90 Å². The molecule has 0 radical (unpaired) electrons. The van der Waals surface area contributed by atoms with Crippen LogP contribution >= 0.6 is 0 Å². The lowest BCUT2D eigenvalue weighted by atomic mass is 9.90. The largest absolute Gasteiger partial charge is 0.444 e. The first kappa shape index (κ1) is 16.9. The molecule has 0 N–H and O–H groups in total. The first-order valence-corrected chi connectivity index (χ1v) is 8.00. The molecule has 2 aliphatic heterocycles. The van der Waals surface area contributed by atoms with E-state index in [-0.39, 0.29) is 17.6 Å². The maximum Gasteiger partial charge on any atom is 0.411 e. The zero-order valence-corrected chi connectivity index (χ0v) is 14.0. The Labute approximate surface area is 140 Å². The molecule has 0 aromatic heterocycles. The van der Waals surface area contributed by atoms with Gasteiger partial charge < -0.3 is 9.47 Å². The molecule has 0 saturated carbocycles. The number of hydrogen-bond donors (Lipinski definition) is 0. The Kier molecular flexibility index (Phi) is 4.34. The molecule has 2 aliphatic rings. The molecule has 1 saturated heterocycles. The summed E-state index contributed by atoms with van der Waals surface area (Å²) < 4.78 is 38.5. The summed E-state index contributed by atoms with van der Waals surface area (Å²) in [5.41, 5.74) is 0.353. The maximum atomic E-state index is 14.1. The van der Waals surface area contributed by atoms with Gasteiger partial charge in [-0.25, -0.2) is 13.6 Å². The molecular formula is C18H21F2NO3. The van der Waals surface area contributed by atoms with Crippen molar-refractivity contribution in [2.45, 2.75) is 44.9 Å². The van der Waals surface area contributed by atoms with Crippen molar-refractivity contribution in [2.75, 3.05) is 13.2 Å². The standard InChI is InChI=1S/C18H21F2NO3/c1-18(2,3)24-17(22)21-13-6-11(7-14(21)10-23-9-13)15-8-12(19)4-5-16(15)20/h4-6,8,13-14H,7,9-10H2,1-3H3. The van der Waals surface area contributed by atoms with Crippen LogP contribution in [0.4, 0.5) is 13.6 Å². The topological polar surface area (TPSA) is 38.8 Å². The molecule has 2 unspecified atom stereocenters. The fraction of sp³-hybridized carbons (Fsp3) is 0.500. The number of ether oxygens (including phenoxy) is 2.